The van der Waals surface area contributed by atoms with Gasteiger partial charge in [0.2, 0.25) is 0 Å². The Kier molecular flexibility index (Phi) is 4.32. The zero-order valence-electron chi connectivity index (χ0n) is 12.3. The molecule has 0 amide bonds. The molecule has 1 aromatic rings. The number of aromatic nitrogens is 2. The molecule has 116 valence electrons. The fourth-order valence-electron chi connectivity index (χ4n) is 2.34. The van der Waals surface area contributed by atoms with Gasteiger partial charge < -0.3 is 15.1 Å². The summed E-state index contributed by atoms with van der Waals surface area (Å²) in [5, 5.41) is 22.6. The Morgan fingerprint density at radius 3 is 2.62 bits per heavy atom. The van der Waals surface area contributed by atoms with Gasteiger partial charge in [0.15, 0.2) is 5.60 Å². The van der Waals surface area contributed by atoms with E-state index >= 15 is 0 Å². The Hall–Kier alpha value is -1.89. The van der Waals surface area contributed by atoms with Crippen LogP contribution in [0.15, 0.2) is 17.1 Å². The van der Waals surface area contributed by atoms with E-state index in [0.717, 1.165) is 43.2 Å². The number of rotatable bonds is 4. The van der Waals surface area contributed by atoms with E-state index in [-0.39, 0.29) is 6.54 Å². The van der Waals surface area contributed by atoms with E-state index in [4.69, 9.17) is 5.11 Å². The van der Waals surface area contributed by atoms with Crippen LogP contribution >= 0.6 is 0 Å². The Morgan fingerprint density at radius 1 is 1.48 bits per heavy atom. The van der Waals surface area contributed by atoms with Crippen LogP contribution in [0.4, 0.5) is 5.69 Å². The largest absolute Gasteiger partial charge is 0.479 e. The van der Waals surface area contributed by atoms with Crippen LogP contribution in [0.2, 0.25) is 0 Å². The van der Waals surface area contributed by atoms with Crippen molar-refractivity contribution in [2.45, 2.75) is 38.8 Å². The topological polar surface area (TPSA) is 95.7 Å². The zero-order chi connectivity index (χ0) is 15.6. The molecule has 0 aliphatic carbocycles. The third-order valence-corrected chi connectivity index (χ3v) is 3.92. The number of carbonyl (C=O) groups is 1. The number of hydrogen-bond acceptors (Lipinski definition) is 5. The molecule has 21 heavy (non-hydrogen) atoms. The fraction of sp³-hybridized carbons (Fsp3) is 0.643. The van der Waals surface area contributed by atoms with E-state index in [1.807, 2.05) is 0 Å². The van der Waals surface area contributed by atoms with Crippen LogP contribution < -0.4 is 10.5 Å². The summed E-state index contributed by atoms with van der Waals surface area (Å²) in [6, 6.07) is 1.45. The SMILES string of the molecule is CC1CCN(c2cnn(CC(C)(O)C(=O)O)c(=O)c2)CC1. The number of aliphatic hydroxyl groups is 1. The van der Waals surface area contributed by atoms with Crippen molar-refractivity contribution in [1.29, 1.82) is 0 Å². The van der Waals surface area contributed by atoms with Gasteiger partial charge in [-0.1, -0.05) is 6.92 Å². The van der Waals surface area contributed by atoms with Gasteiger partial charge in [-0.05, 0) is 25.7 Å². The number of nitrogens with zero attached hydrogens (tertiary/aromatic N) is 3. The monoisotopic (exact) mass is 295 g/mol. The predicted octanol–water partition coefficient (Wildman–Crippen LogP) is 0.315. The smallest absolute Gasteiger partial charge is 0.337 e. The molecule has 1 saturated heterocycles. The highest BCUT2D eigenvalue weighted by molar-refractivity contribution is 5.76. The summed E-state index contributed by atoms with van der Waals surface area (Å²) >= 11 is 0. The van der Waals surface area contributed by atoms with Crippen LogP contribution in [0.1, 0.15) is 26.7 Å². The summed E-state index contributed by atoms with van der Waals surface area (Å²) in [7, 11) is 0. The van der Waals surface area contributed by atoms with Crippen molar-refractivity contribution in [3.63, 3.8) is 0 Å². The summed E-state index contributed by atoms with van der Waals surface area (Å²) in [6.07, 6.45) is 3.71. The molecule has 0 saturated carbocycles. The van der Waals surface area contributed by atoms with Gasteiger partial charge in [0.1, 0.15) is 0 Å². The average Bonchev–Trinajstić information content (AvgIpc) is 2.41. The lowest BCUT2D eigenvalue weighted by atomic mass is 9.99. The van der Waals surface area contributed by atoms with Gasteiger partial charge in [-0.15, -0.1) is 0 Å². The number of hydrogen-bond donors (Lipinski definition) is 2. The second kappa shape index (κ2) is 5.85. The van der Waals surface area contributed by atoms with Gasteiger partial charge in [0, 0.05) is 19.2 Å². The minimum Gasteiger partial charge on any atom is -0.479 e. The minimum atomic E-state index is -2.01. The predicted molar refractivity (Wildman–Crippen MR) is 77.4 cm³/mol. The van der Waals surface area contributed by atoms with Crippen molar-refractivity contribution in [2.75, 3.05) is 18.0 Å². The molecule has 0 bridgehead atoms. The number of carboxylic acid groups (broad SMARTS) is 1. The highest BCUT2D eigenvalue weighted by Gasteiger charge is 2.31. The molecule has 2 N–H and O–H groups in total. The molecule has 1 atom stereocenters. The van der Waals surface area contributed by atoms with Crippen LogP contribution in [0.3, 0.4) is 0 Å². The first-order valence-corrected chi connectivity index (χ1v) is 7.07. The van der Waals surface area contributed by atoms with E-state index in [1.54, 1.807) is 6.20 Å². The first-order chi connectivity index (χ1) is 9.79. The lowest BCUT2D eigenvalue weighted by molar-refractivity contribution is -0.158. The quantitative estimate of drug-likeness (QED) is 0.830. The van der Waals surface area contributed by atoms with Gasteiger partial charge in [-0.25, -0.2) is 9.48 Å². The van der Waals surface area contributed by atoms with E-state index in [9.17, 15) is 14.7 Å². The molecule has 0 aromatic carbocycles. The molecule has 7 nitrogen and oxygen atoms in total. The van der Waals surface area contributed by atoms with E-state index in [0.29, 0.717) is 5.92 Å². The standard InChI is InChI=1S/C14H21N3O4/c1-10-3-5-16(6-4-10)11-7-12(18)17(15-8-11)9-14(2,21)13(19)20/h7-8,10,21H,3-6,9H2,1-2H3,(H,19,20). The Balaban J connectivity index is 2.15. The van der Waals surface area contributed by atoms with Crippen molar-refractivity contribution in [3.05, 3.63) is 22.6 Å². The number of piperidine rings is 1. The molecule has 1 fully saturated rings. The molecular formula is C14H21N3O4. The van der Waals surface area contributed by atoms with E-state index < -0.39 is 17.1 Å². The average molecular weight is 295 g/mol. The summed E-state index contributed by atoms with van der Waals surface area (Å²) in [5.74, 6) is -0.689. The Labute approximate surface area is 122 Å². The molecule has 1 aliphatic heterocycles. The summed E-state index contributed by atoms with van der Waals surface area (Å²) < 4.78 is 0.976. The van der Waals surface area contributed by atoms with Crippen LogP contribution in [0, 0.1) is 5.92 Å². The molecule has 2 rings (SSSR count). The number of anilines is 1. The number of aliphatic carboxylic acids is 1. The van der Waals surface area contributed by atoms with Crippen LogP contribution in [0.5, 0.6) is 0 Å². The van der Waals surface area contributed by atoms with Crippen molar-refractivity contribution < 1.29 is 15.0 Å². The van der Waals surface area contributed by atoms with Crippen molar-refractivity contribution in [1.82, 2.24) is 9.78 Å². The molecule has 1 aromatic heterocycles. The van der Waals surface area contributed by atoms with Crippen LogP contribution in [-0.2, 0) is 11.3 Å². The first-order valence-electron chi connectivity index (χ1n) is 7.07. The molecule has 0 spiro atoms. The van der Waals surface area contributed by atoms with E-state index in [2.05, 4.69) is 16.9 Å². The van der Waals surface area contributed by atoms with Crippen molar-refractivity contribution in [2.24, 2.45) is 5.92 Å². The van der Waals surface area contributed by atoms with Gasteiger partial charge in [0.05, 0.1) is 18.4 Å². The summed E-state index contributed by atoms with van der Waals surface area (Å²) in [4.78, 5) is 25.0. The summed E-state index contributed by atoms with van der Waals surface area (Å²) in [6.45, 7) is 4.75. The molecule has 7 heteroatoms. The number of carboxylic acids is 1. The molecule has 2 heterocycles. The van der Waals surface area contributed by atoms with Gasteiger partial charge in [-0.3, -0.25) is 4.79 Å². The van der Waals surface area contributed by atoms with Crippen molar-refractivity contribution >= 4 is 11.7 Å². The normalized spacial score (nSPS) is 19.3. The highest BCUT2D eigenvalue weighted by Crippen LogP contribution is 2.21. The highest BCUT2D eigenvalue weighted by atomic mass is 16.4. The maximum Gasteiger partial charge on any atom is 0.337 e. The van der Waals surface area contributed by atoms with Gasteiger partial charge >= 0.3 is 5.97 Å². The minimum absolute atomic E-state index is 0.377. The van der Waals surface area contributed by atoms with E-state index in [1.165, 1.54) is 6.07 Å². The molecule has 1 aliphatic rings. The fourth-order valence-corrected chi connectivity index (χ4v) is 2.34. The van der Waals surface area contributed by atoms with Gasteiger partial charge in [-0.2, -0.15) is 5.10 Å². The summed E-state index contributed by atoms with van der Waals surface area (Å²) in [5.41, 5.74) is -1.68. The molecule has 1 unspecified atom stereocenters. The lowest BCUT2D eigenvalue weighted by Crippen LogP contribution is -2.43. The van der Waals surface area contributed by atoms with Crippen LogP contribution in [0.25, 0.3) is 0 Å². The Bertz CT molecular complexity index is 574. The van der Waals surface area contributed by atoms with Crippen molar-refractivity contribution in [3.8, 4) is 0 Å². The zero-order valence-corrected chi connectivity index (χ0v) is 12.3. The maximum atomic E-state index is 12.0. The Morgan fingerprint density at radius 2 is 2.10 bits per heavy atom. The molecule has 0 radical (unpaired) electrons. The first kappa shape index (κ1) is 15.5. The third-order valence-electron chi connectivity index (χ3n) is 3.92. The third kappa shape index (κ3) is 3.60. The second-order valence-corrected chi connectivity index (χ2v) is 5.96. The molecular weight excluding hydrogens is 274 g/mol. The maximum absolute atomic E-state index is 12.0. The van der Waals surface area contributed by atoms with Crippen LogP contribution in [-0.4, -0.2) is 44.7 Å². The van der Waals surface area contributed by atoms with Gasteiger partial charge in [0.25, 0.3) is 5.56 Å². The lowest BCUT2D eigenvalue weighted by Gasteiger charge is -2.31. The second-order valence-electron chi connectivity index (χ2n) is 5.96.